The van der Waals surface area contributed by atoms with Crippen molar-refractivity contribution < 1.29 is 22.4 Å². The number of halogens is 4. The summed E-state index contributed by atoms with van der Waals surface area (Å²) >= 11 is 0. The van der Waals surface area contributed by atoms with E-state index in [0.717, 1.165) is 17.0 Å². The molecule has 1 saturated heterocycles. The van der Waals surface area contributed by atoms with Crippen LogP contribution in [-0.2, 0) is 16.5 Å². The normalized spacial score (nSPS) is 22.9. The lowest BCUT2D eigenvalue weighted by molar-refractivity contribution is -0.137. The van der Waals surface area contributed by atoms with Gasteiger partial charge in [0.1, 0.15) is 13.7 Å². The molecule has 0 saturated carbocycles. The van der Waals surface area contributed by atoms with Crippen LogP contribution in [0.3, 0.4) is 0 Å². The number of hydrogen-bond donors (Lipinski definition) is 2. The number of amides is 1. The van der Waals surface area contributed by atoms with E-state index in [1.807, 2.05) is 0 Å². The molecule has 146 valence electrons. The summed E-state index contributed by atoms with van der Waals surface area (Å²) in [6.45, 7) is 1.68. The van der Waals surface area contributed by atoms with Gasteiger partial charge >= 0.3 is 6.18 Å². The van der Waals surface area contributed by atoms with Gasteiger partial charge in [0.2, 0.25) is 5.91 Å². The fourth-order valence-electron chi connectivity index (χ4n) is 3.50. The molecular formula is C19H18BF4N3O. The molecule has 1 aliphatic heterocycles. The predicted octanol–water partition coefficient (Wildman–Crippen LogP) is 2.10. The molecule has 2 atom stereocenters. The Morgan fingerprint density at radius 3 is 2.32 bits per heavy atom. The van der Waals surface area contributed by atoms with Gasteiger partial charge in [-0.2, -0.15) is 13.2 Å². The highest BCUT2D eigenvalue weighted by Crippen LogP contribution is 2.41. The van der Waals surface area contributed by atoms with Crippen molar-refractivity contribution in [3.05, 3.63) is 65.0 Å². The van der Waals surface area contributed by atoms with Crippen molar-refractivity contribution in [3.63, 3.8) is 0 Å². The minimum absolute atomic E-state index is 0.141. The fraction of sp³-hybridized carbons (Fsp3) is 0.263. The van der Waals surface area contributed by atoms with Crippen LogP contribution in [0, 0.1) is 11.2 Å². The van der Waals surface area contributed by atoms with Crippen molar-refractivity contribution in [1.82, 2.24) is 10.2 Å². The Bertz CT molecular complexity index is 945. The number of rotatable bonds is 2. The highest BCUT2D eigenvalue weighted by molar-refractivity contribution is 6.32. The highest BCUT2D eigenvalue weighted by atomic mass is 19.4. The van der Waals surface area contributed by atoms with Crippen LogP contribution in [0.25, 0.3) is 0 Å². The van der Waals surface area contributed by atoms with E-state index in [4.69, 9.17) is 5.41 Å². The molecule has 0 aromatic heterocycles. The third kappa shape index (κ3) is 3.25. The molecule has 0 unspecified atom stereocenters. The minimum Gasteiger partial charge on any atom is -0.346 e. The lowest BCUT2D eigenvalue weighted by atomic mass is 9.72. The van der Waals surface area contributed by atoms with Gasteiger partial charge in [0.05, 0.1) is 17.0 Å². The number of carbonyl (C=O) groups excluding carboxylic acids is 1. The summed E-state index contributed by atoms with van der Waals surface area (Å²) in [6.07, 6.45) is -4.48. The molecule has 1 aliphatic rings. The molecule has 9 heteroatoms. The summed E-state index contributed by atoms with van der Waals surface area (Å²) in [7, 11) is 3.00. The van der Waals surface area contributed by atoms with E-state index < -0.39 is 34.9 Å². The molecule has 0 spiro atoms. The number of nitrogens with one attached hydrogen (secondary N) is 2. The van der Waals surface area contributed by atoms with Gasteiger partial charge in [-0.15, -0.1) is 0 Å². The smallest absolute Gasteiger partial charge is 0.346 e. The first-order valence-electron chi connectivity index (χ1n) is 8.53. The molecule has 0 bridgehead atoms. The van der Waals surface area contributed by atoms with E-state index in [-0.39, 0.29) is 5.96 Å². The number of benzene rings is 2. The standard InChI is InChI=1S/C19H18BF4N3O/c1-18(12-7-8-14(21)13(20)9-12)15(16(28)27(2)17(25)26-18)10-3-5-11(6-4-10)19(22,23)24/h3-9,15H,20H2,1-2H3,(H2,25,26)/t15-,18+/m0/s1. The zero-order valence-electron chi connectivity index (χ0n) is 15.5. The van der Waals surface area contributed by atoms with Crippen LogP contribution >= 0.6 is 0 Å². The average molecular weight is 391 g/mol. The quantitative estimate of drug-likeness (QED) is 0.609. The second kappa shape index (κ2) is 6.65. The van der Waals surface area contributed by atoms with Crippen molar-refractivity contribution in [2.24, 2.45) is 0 Å². The zero-order valence-corrected chi connectivity index (χ0v) is 15.5. The van der Waals surface area contributed by atoms with Gasteiger partial charge in [-0.25, -0.2) is 4.39 Å². The molecule has 2 aromatic rings. The van der Waals surface area contributed by atoms with Crippen molar-refractivity contribution >= 4 is 25.2 Å². The second-order valence-corrected chi connectivity index (χ2v) is 7.09. The third-order valence-corrected chi connectivity index (χ3v) is 5.20. The monoisotopic (exact) mass is 391 g/mol. The van der Waals surface area contributed by atoms with E-state index in [1.165, 1.54) is 31.3 Å². The van der Waals surface area contributed by atoms with E-state index in [1.54, 1.807) is 20.8 Å². The fourth-order valence-corrected chi connectivity index (χ4v) is 3.50. The number of alkyl halides is 3. The largest absolute Gasteiger partial charge is 0.416 e. The van der Waals surface area contributed by atoms with Gasteiger partial charge < -0.3 is 5.32 Å². The third-order valence-electron chi connectivity index (χ3n) is 5.20. The van der Waals surface area contributed by atoms with Gasteiger partial charge in [-0.05, 0) is 36.2 Å². The molecular weight excluding hydrogens is 373 g/mol. The summed E-state index contributed by atoms with van der Waals surface area (Å²) in [5, 5.41) is 11.0. The van der Waals surface area contributed by atoms with Crippen LogP contribution in [0.15, 0.2) is 42.5 Å². The van der Waals surface area contributed by atoms with Gasteiger partial charge in [0.15, 0.2) is 5.96 Å². The van der Waals surface area contributed by atoms with Crippen LogP contribution in [0.2, 0.25) is 0 Å². The number of nitrogens with zero attached hydrogens (tertiary/aromatic N) is 1. The van der Waals surface area contributed by atoms with E-state index in [2.05, 4.69) is 5.32 Å². The Labute approximate surface area is 160 Å². The second-order valence-electron chi connectivity index (χ2n) is 7.09. The van der Waals surface area contributed by atoms with Crippen LogP contribution in [-0.4, -0.2) is 31.7 Å². The number of likely N-dealkylation sites (N-methyl/N-ethyl adjacent to an activating group) is 1. The molecule has 1 amide bonds. The Balaban J connectivity index is 2.14. The summed E-state index contributed by atoms with van der Waals surface area (Å²) in [4.78, 5) is 14.1. The predicted molar refractivity (Wildman–Crippen MR) is 99.7 cm³/mol. The lowest BCUT2D eigenvalue weighted by Gasteiger charge is -2.46. The number of hydrogen-bond acceptors (Lipinski definition) is 2. The Morgan fingerprint density at radius 2 is 1.79 bits per heavy atom. The van der Waals surface area contributed by atoms with Crippen molar-refractivity contribution in [2.45, 2.75) is 24.6 Å². The first-order chi connectivity index (χ1) is 12.9. The SMILES string of the molecule is Bc1cc([C@@]2(C)NC(=N)N(C)C(=O)[C@@H]2c2ccc(C(F)(F)F)cc2)ccc1F. The van der Waals surface area contributed by atoms with Crippen molar-refractivity contribution in [2.75, 3.05) is 7.05 Å². The van der Waals surface area contributed by atoms with Crippen LogP contribution < -0.4 is 10.8 Å². The summed E-state index contributed by atoms with van der Waals surface area (Å²) in [6, 6.07) is 8.75. The van der Waals surface area contributed by atoms with Crippen LogP contribution in [0.5, 0.6) is 0 Å². The van der Waals surface area contributed by atoms with Gasteiger partial charge in [0, 0.05) is 7.05 Å². The summed E-state index contributed by atoms with van der Waals surface area (Å²) in [5.74, 6) is -1.89. The Morgan fingerprint density at radius 1 is 1.18 bits per heavy atom. The molecule has 3 rings (SSSR count). The number of guanidine groups is 1. The highest BCUT2D eigenvalue weighted by Gasteiger charge is 2.48. The van der Waals surface area contributed by atoms with Gasteiger partial charge in [0.25, 0.3) is 0 Å². The van der Waals surface area contributed by atoms with Crippen molar-refractivity contribution in [1.29, 1.82) is 5.41 Å². The van der Waals surface area contributed by atoms with Crippen LogP contribution in [0.1, 0.15) is 29.5 Å². The van der Waals surface area contributed by atoms with E-state index in [9.17, 15) is 22.4 Å². The first-order valence-corrected chi connectivity index (χ1v) is 8.53. The number of carbonyl (C=O) groups is 1. The average Bonchev–Trinajstić information content (AvgIpc) is 2.62. The maximum atomic E-state index is 13.7. The Kier molecular flexibility index (Phi) is 4.73. The van der Waals surface area contributed by atoms with Gasteiger partial charge in [-0.3, -0.25) is 15.1 Å². The first kappa shape index (κ1) is 19.9. The maximum absolute atomic E-state index is 13.7. The van der Waals surface area contributed by atoms with Crippen molar-refractivity contribution in [3.8, 4) is 0 Å². The molecule has 1 fully saturated rings. The summed E-state index contributed by atoms with van der Waals surface area (Å²) in [5.41, 5.74) is -0.659. The van der Waals surface area contributed by atoms with Crippen LogP contribution in [0.4, 0.5) is 17.6 Å². The topological polar surface area (TPSA) is 56.2 Å². The Hall–Kier alpha value is -2.84. The molecule has 1 heterocycles. The molecule has 28 heavy (non-hydrogen) atoms. The minimum atomic E-state index is -4.48. The molecule has 0 aliphatic carbocycles. The van der Waals surface area contributed by atoms with E-state index in [0.29, 0.717) is 16.6 Å². The summed E-state index contributed by atoms with van der Waals surface area (Å²) < 4.78 is 52.4. The lowest BCUT2D eigenvalue weighted by Crippen LogP contribution is -2.62. The molecule has 0 radical (unpaired) electrons. The molecule has 2 N–H and O–H groups in total. The van der Waals surface area contributed by atoms with Gasteiger partial charge in [-0.1, -0.05) is 29.7 Å². The molecule has 4 nitrogen and oxygen atoms in total. The zero-order chi connectivity index (χ0) is 20.9. The molecule has 2 aromatic carbocycles. The van der Waals surface area contributed by atoms with E-state index >= 15 is 0 Å². The maximum Gasteiger partial charge on any atom is 0.416 e.